The minimum absolute atomic E-state index is 0.0269. The van der Waals surface area contributed by atoms with E-state index in [0.29, 0.717) is 41.9 Å². The molecule has 3 fully saturated rings. The molecule has 2 aromatic carbocycles. The van der Waals surface area contributed by atoms with Crippen LogP contribution in [-0.2, 0) is 11.4 Å². The van der Waals surface area contributed by atoms with Gasteiger partial charge in [-0.3, -0.25) is 14.3 Å². The number of amides is 1. The van der Waals surface area contributed by atoms with Gasteiger partial charge in [-0.25, -0.2) is 13.6 Å². The molecule has 230 valence electrons. The Bertz CT molecular complexity index is 1970. The summed E-state index contributed by atoms with van der Waals surface area (Å²) in [5, 5.41) is 0.707. The number of nitrogens with zero attached hydrogens (tertiary/aromatic N) is 5. The summed E-state index contributed by atoms with van der Waals surface area (Å²) in [7, 11) is 0. The Morgan fingerprint density at radius 3 is 2.44 bits per heavy atom. The predicted molar refractivity (Wildman–Crippen MR) is 167 cm³/mol. The largest absolute Gasteiger partial charge is 0.486 e. The number of ether oxygens (including phenoxy) is 1. The lowest BCUT2D eigenvalue weighted by atomic mass is 9.94. The first-order chi connectivity index (χ1) is 21.8. The molecular weight excluding hydrogens is 600 g/mol. The molecule has 0 unspecified atom stereocenters. The third kappa shape index (κ3) is 4.44. The molecular formula is C34H30ClF2N5O3. The fraction of sp³-hybridized carbons (Fsp3) is 0.353. The van der Waals surface area contributed by atoms with Gasteiger partial charge in [0.25, 0.3) is 0 Å². The Labute approximate surface area is 262 Å². The zero-order valence-electron chi connectivity index (χ0n) is 24.7. The summed E-state index contributed by atoms with van der Waals surface area (Å²) >= 11 is 6.95. The Morgan fingerprint density at radius 1 is 1.09 bits per heavy atom. The van der Waals surface area contributed by atoms with Crippen LogP contribution in [-0.4, -0.2) is 51.0 Å². The van der Waals surface area contributed by atoms with E-state index >= 15 is 4.39 Å². The van der Waals surface area contributed by atoms with Crippen LogP contribution in [0, 0.1) is 11.6 Å². The fourth-order valence-electron chi connectivity index (χ4n) is 6.97. The van der Waals surface area contributed by atoms with E-state index in [2.05, 4.69) is 11.6 Å². The lowest BCUT2D eigenvalue weighted by Gasteiger charge is -2.40. The zero-order chi connectivity index (χ0) is 31.1. The highest BCUT2D eigenvalue weighted by Gasteiger charge is 2.38. The third-order valence-electron chi connectivity index (χ3n) is 9.49. The van der Waals surface area contributed by atoms with Gasteiger partial charge < -0.3 is 14.5 Å². The van der Waals surface area contributed by atoms with Gasteiger partial charge in [-0.05, 0) is 73.8 Å². The Kier molecular flexibility index (Phi) is 6.50. The van der Waals surface area contributed by atoms with Crippen LogP contribution in [0.2, 0.25) is 5.02 Å². The van der Waals surface area contributed by atoms with Gasteiger partial charge in [0, 0.05) is 60.1 Å². The third-order valence-corrected chi connectivity index (χ3v) is 9.78. The monoisotopic (exact) mass is 629 g/mol. The van der Waals surface area contributed by atoms with Crippen molar-refractivity contribution >= 4 is 34.2 Å². The number of fused-ring (bicyclic) bond motifs is 5. The minimum Gasteiger partial charge on any atom is -0.486 e. The molecule has 0 spiro atoms. The number of halogens is 3. The highest BCUT2D eigenvalue weighted by atomic mass is 35.5. The van der Waals surface area contributed by atoms with Gasteiger partial charge in [-0.15, -0.1) is 0 Å². The molecule has 11 heteroatoms. The van der Waals surface area contributed by atoms with Gasteiger partial charge in [0.1, 0.15) is 17.9 Å². The van der Waals surface area contributed by atoms with E-state index in [9.17, 15) is 14.0 Å². The second-order valence-electron chi connectivity index (χ2n) is 12.4. The summed E-state index contributed by atoms with van der Waals surface area (Å²) < 4.78 is 38.1. The number of rotatable bonds is 5. The quantitative estimate of drug-likeness (QED) is 0.243. The Hall–Kier alpha value is -4.31. The first-order valence-electron chi connectivity index (χ1n) is 15.3. The molecule has 2 aliphatic heterocycles. The number of hydrogen-bond donors (Lipinski definition) is 0. The lowest BCUT2D eigenvalue weighted by Crippen LogP contribution is -2.54. The van der Waals surface area contributed by atoms with Gasteiger partial charge in [-0.2, -0.15) is 4.98 Å². The Balaban J connectivity index is 1.44. The molecule has 2 aromatic heterocycles. The highest BCUT2D eigenvalue weighted by Crippen LogP contribution is 2.52. The standard InChI is InChI=1S/C34H30ClF2N5O3/c1-3-26(43)40-10-11-41(17(2)15-40)33-21-12-24(35)28-27-20(8-9-25(36)29(27)37)16-45-32(28)31(21)42(34(44)39-33)30-22(18-4-5-18)13-38-14-23(30)19-6-7-19/h3,8-9,12-14,17-19H,1,4-7,10-11,15-16H2,2H3/t17-/m0/s1. The van der Waals surface area contributed by atoms with E-state index in [1.165, 1.54) is 12.1 Å². The minimum atomic E-state index is -1.01. The number of benzene rings is 2. The average Bonchev–Trinajstić information content (AvgIpc) is 3.96. The molecule has 0 radical (unpaired) electrons. The average molecular weight is 630 g/mol. The van der Waals surface area contributed by atoms with Crippen molar-refractivity contribution in [3.8, 4) is 22.6 Å². The van der Waals surface area contributed by atoms with Crippen molar-refractivity contribution in [3.63, 3.8) is 0 Å². The summed E-state index contributed by atoms with van der Waals surface area (Å²) in [5.74, 6) is -1.03. The molecule has 4 aliphatic rings. The van der Waals surface area contributed by atoms with E-state index < -0.39 is 17.3 Å². The normalized spacial score (nSPS) is 19.2. The summed E-state index contributed by atoms with van der Waals surface area (Å²) in [6.45, 7) is 6.79. The van der Waals surface area contributed by atoms with Crippen LogP contribution in [0.5, 0.6) is 5.75 Å². The number of piperazine rings is 1. The van der Waals surface area contributed by atoms with Crippen LogP contribution in [0.25, 0.3) is 27.7 Å². The summed E-state index contributed by atoms with van der Waals surface area (Å²) in [6.07, 6.45) is 8.92. The van der Waals surface area contributed by atoms with E-state index in [1.54, 1.807) is 15.5 Å². The van der Waals surface area contributed by atoms with Crippen molar-refractivity contribution in [1.82, 2.24) is 19.4 Å². The molecule has 1 amide bonds. The first kappa shape index (κ1) is 28.2. The molecule has 0 bridgehead atoms. The molecule has 1 atom stereocenters. The van der Waals surface area contributed by atoms with Gasteiger partial charge in [0.2, 0.25) is 5.91 Å². The molecule has 2 saturated carbocycles. The van der Waals surface area contributed by atoms with Crippen molar-refractivity contribution in [1.29, 1.82) is 0 Å². The van der Waals surface area contributed by atoms with Crippen molar-refractivity contribution < 1.29 is 18.3 Å². The number of aromatic nitrogens is 3. The molecule has 4 heterocycles. The first-order valence-corrected chi connectivity index (χ1v) is 15.7. The number of pyridine rings is 1. The Morgan fingerprint density at radius 2 is 1.80 bits per heavy atom. The second kappa shape index (κ2) is 10.4. The predicted octanol–water partition coefficient (Wildman–Crippen LogP) is 6.25. The molecule has 2 aliphatic carbocycles. The van der Waals surface area contributed by atoms with E-state index in [1.807, 2.05) is 24.2 Å². The van der Waals surface area contributed by atoms with Crippen LogP contribution in [0.15, 0.2) is 48.0 Å². The molecule has 8 rings (SSSR count). The zero-order valence-corrected chi connectivity index (χ0v) is 25.4. The SMILES string of the molecule is C=CC(=O)N1CCN(c2nc(=O)n(-c3c(C4CC4)cncc3C3CC3)c3c4c(c(Cl)cc23)-c2c(ccc(F)c2F)CO4)[C@@H](C)C1. The van der Waals surface area contributed by atoms with Crippen molar-refractivity contribution in [2.75, 3.05) is 24.5 Å². The van der Waals surface area contributed by atoms with Crippen molar-refractivity contribution in [3.05, 3.63) is 87.1 Å². The fourth-order valence-corrected chi connectivity index (χ4v) is 7.26. The molecule has 1 saturated heterocycles. The van der Waals surface area contributed by atoms with E-state index in [4.69, 9.17) is 21.3 Å². The topological polar surface area (TPSA) is 80.6 Å². The van der Waals surface area contributed by atoms with Gasteiger partial charge in [0.05, 0.1) is 10.7 Å². The highest BCUT2D eigenvalue weighted by molar-refractivity contribution is 6.35. The van der Waals surface area contributed by atoms with Crippen molar-refractivity contribution in [2.45, 2.75) is 57.1 Å². The lowest BCUT2D eigenvalue weighted by molar-refractivity contribution is -0.126. The maximum Gasteiger partial charge on any atom is 0.354 e. The number of hydrogen-bond acceptors (Lipinski definition) is 6. The molecule has 4 aromatic rings. The van der Waals surface area contributed by atoms with Crippen LogP contribution in [0.3, 0.4) is 0 Å². The van der Waals surface area contributed by atoms with Gasteiger partial charge >= 0.3 is 5.69 Å². The number of anilines is 1. The number of carbonyl (C=O) groups is 1. The smallest absolute Gasteiger partial charge is 0.354 e. The van der Waals surface area contributed by atoms with Crippen LogP contribution in [0.1, 0.15) is 61.1 Å². The van der Waals surface area contributed by atoms with Crippen LogP contribution < -0.4 is 15.3 Å². The van der Waals surface area contributed by atoms with Crippen molar-refractivity contribution in [2.24, 2.45) is 0 Å². The maximum absolute atomic E-state index is 15.5. The van der Waals surface area contributed by atoms with E-state index in [0.717, 1.165) is 48.6 Å². The summed E-state index contributed by atoms with van der Waals surface area (Å²) in [5.41, 5.74) is 3.29. The number of carbonyl (C=O) groups excluding carboxylic acids is 1. The van der Waals surface area contributed by atoms with E-state index in [-0.39, 0.29) is 52.3 Å². The second-order valence-corrected chi connectivity index (χ2v) is 12.8. The van der Waals surface area contributed by atoms with Gasteiger partial charge in [-0.1, -0.05) is 24.2 Å². The summed E-state index contributed by atoms with van der Waals surface area (Å²) in [6, 6.07) is 4.06. The van der Waals surface area contributed by atoms with Crippen LogP contribution in [0.4, 0.5) is 14.6 Å². The molecule has 8 nitrogen and oxygen atoms in total. The molecule has 45 heavy (non-hydrogen) atoms. The molecule has 0 N–H and O–H groups in total. The summed E-state index contributed by atoms with van der Waals surface area (Å²) in [4.78, 5) is 39.8. The van der Waals surface area contributed by atoms with Gasteiger partial charge in [0.15, 0.2) is 17.4 Å². The maximum atomic E-state index is 15.5. The van der Waals surface area contributed by atoms with Crippen LogP contribution >= 0.6 is 11.6 Å².